The van der Waals surface area contributed by atoms with Gasteiger partial charge in [0.15, 0.2) is 5.60 Å². The van der Waals surface area contributed by atoms with Gasteiger partial charge in [-0.1, -0.05) is 20.8 Å². The molecule has 12 saturated carbocycles. The molecule has 62 heavy (non-hydrogen) atoms. The molecule has 12 bridgehead atoms. The summed E-state index contributed by atoms with van der Waals surface area (Å²) < 4.78 is 24.2. The van der Waals surface area contributed by atoms with Crippen molar-refractivity contribution in [2.24, 2.45) is 75.4 Å². The first-order chi connectivity index (χ1) is 29.0. The smallest absolute Gasteiger partial charge is 0.312 e. The van der Waals surface area contributed by atoms with Gasteiger partial charge < -0.3 is 24.1 Å². The standard InChI is InChI=1S/C20H30O4.C17H28O2.C16H26O3/c1-4-19(2,3)18(22)24-20(16-5-6-17(21)23-16)14-8-12-7-13(10-14)11-15(20)9-12;1-5-16(2,3)15(18)19-17(4)13-7-11-6-12(9-13)10-14(17)8-11;1-4-14(2,3)13(17)19-16-8-11-5-12(9-16)7-15(18,6-11)10-16/h12-16H,4-11H2,1-3H3;11-14H,5-10H2,1-4H3;11-12,18H,4-10H2,1-3H3. The van der Waals surface area contributed by atoms with E-state index in [0.29, 0.717) is 54.8 Å². The normalized spacial score (nSPS) is 44.2. The molecular formula is C53H84O9. The number of rotatable bonds is 10. The SMILES string of the molecule is CCC(C)(C)C(=O)OC1(C)C2CC3CC(C2)CC1C3.CCC(C)(C)C(=O)OC1(C2CCC(=O)O2)C2CC3CC(C2)CC1C3.CCC(C)(C)C(=O)OC12CC3CC(CC(O)(C3)C1)C2. The molecule has 0 radical (unpaired) electrons. The Kier molecular flexibility index (Phi) is 12.2. The van der Waals surface area contributed by atoms with Gasteiger partial charge >= 0.3 is 23.9 Å². The summed E-state index contributed by atoms with van der Waals surface area (Å²) in [7, 11) is 0. The second kappa shape index (κ2) is 16.3. The number of cyclic esters (lactones) is 1. The molecule has 1 heterocycles. The molecule has 9 heteroatoms. The molecule has 0 amide bonds. The summed E-state index contributed by atoms with van der Waals surface area (Å²) in [5, 5.41) is 10.6. The Bertz CT molecular complexity index is 1650. The molecule has 3 unspecified atom stereocenters. The Morgan fingerprint density at radius 3 is 1.35 bits per heavy atom. The summed E-state index contributed by atoms with van der Waals surface area (Å²) in [4.78, 5) is 49.6. The van der Waals surface area contributed by atoms with Crippen LogP contribution in [0.1, 0.15) is 204 Å². The van der Waals surface area contributed by atoms with E-state index in [4.69, 9.17) is 18.9 Å². The summed E-state index contributed by atoms with van der Waals surface area (Å²) in [6.45, 7) is 20.2. The van der Waals surface area contributed by atoms with Crippen LogP contribution in [0.2, 0.25) is 0 Å². The van der Waals surface area contributed by atoms with Gasteiger partial charge in [-0.05, 0) is 218 Å². The lowest BCUT2D eigenvalue weighted by molar-refractivity contribution is -0.247. The summed E-state index contributed by atoms with van der Waals surface area (Å²) in [5.41, 5.74) is -2.86. The van der Waals surface area contributed by atoms with Crippen LogP contribution < -0.4 is 0 Å². The highest BCUT2D eigenvalue weighted by Crippen LogP contribution is 2.63. The van der Waals surface area contributed by atoms with Crippen molar-refractivity contribution in [1.82, 2.24) is 0 Å². The topological polar surface area (TPSA) is 125 Å². The van der Waals surface area contributed by atoms with Crippen molar-refractivity contribution in [3.05, 3.63) is 0 Å². The average Bonchev–Trinajstić information content (AvgIpc) is 3.63. The predicted molar refractivity (Wildman–Crippen MR) is 237 cm³/mol. The van der Waals surface area contributed by atoms with Gasteiger partial charge in [-0.3, -0.25) is 19.2 Å². The second-order valence-corrected chi connectivity index (χ2v) is 25.4. The fraction of sp³-hybridized carbons (Fsp3) is 0.925. The average molecular weight is 865 g/mol. The molecule has 13 rings (SSSR count). The van der Waals surface area contributed by atoms with Gasteiger partial charge in [0.25, 0.3) is 0 Å². The Balaban J connectivity index is 0.000000129. The molecule has 0 spiro atoms. The van der Waals surface area contributed by atoms with Crippen LogP contribution in [0.25, 0.3) is 0 Å². The second-order valence-electron chi connectivity index (χ2n) is 25.4. The summed E-state index contributed by atoms with van der Waals surface area (Å²) >= 11 is 0. The number of carbonyl (C=O) groups is 4. The quantitative estimate of drug-likeness (QED) is 0.169. The van der Waals surface area contributed by atoms with Crippen molar-refractivity contribution in [3.63, 3.8) is 0 Å². The molecule has 1 saturated heterocycles. The van der Waals surface area contributed by atoms with Crippen molar-refractivity contribution in [3.8, 4) is 0 Å². The molecule has 0 aromatic rings. The van der Waals surface area contributed by atoms with Gasteiger partial charge in [0, 0.05) is 24.7 Å². The molecule has 12 aliphatic carbocycles. The van der Waals surface area contributed by atoms with E-state index in [2.05, 4.69) is 13.8 Å². The molecular weight excluding hydrogens is 781 g/mol. The van der Waals surface area contributed by atoms with E-state index in [1.807, 2.05) is 55.4 Å². The van der Waals surface area contributed by atoms with E-state index in [-0.39, 0.29) is 46.6 Å². The maximum absolute atomic E-state index is 13.0. The first kappa shape index (κ1) is 46.4. The van der Waals surface area contributed by atoms with Gasteiger partial charge in [-0.25, -0.2) is 0 Å². The van der Waals surface area contributed by atoms with Gasteiger partial charge in [0.1, 0.15) is 17.3 Å². The molecule has 0 aromatic heterocycles. The van der Waals surface area contributed by atoms with Gasteiger partial charge in [-0.15, -0.1) is 0 Å². The Morgan fingerprint density at radius 1 is 0.581 bits per heavy atom. The molecule has 3 atom stereocenters. The maximum atomic E-state index is 13.0. The summed E-state index contributed by atoms with van der Waals surface area (Å²) in [5.74, 6) is 6.24. The fourth-order valence-electron chi connectivity index (χ4n) is 15.5. The van der Waals surface area contributed by atoms with Crippen LogP contribution in [-0.4, -0.2) is 57.5 Å². The molecule has 1 aliphatic heterocycles. The molecule has 9 nitrogen and oxygen atoms in total. The third-order valence-corrected chi connectivity index (χ3v) is 19.7. The number of esters is 4. The molecule has 0 aromatic carbocycles. The highest BCUT2D eigenvalue weighted by molar-refractivity contribution is 5.78. The van der Waals surface area contributed by atoms with Crippen LogP contribution in [-0.2, 0) is 38.1 Å². The van der Waals surface area contributed by atoms with E-state index >= 15 is 0 Å². The van der Waals surface area contributed by atoms with Gasteiger partial charge in [0.2, 0.25) is 0 Å². The van der Waals surface area contributed by atoms with Crippen LogP contribution >= 0.6 is 0 Å². The number of hydrogen-bond donors (Lipinski definition) is 1. The molecule has 1 N–H and O–H groups in total. The van der Waals surface area contributed by atoms with E-state index in [1.54, 1.807) is 0 Å². The highest BCUT2D eigenvalue weighted by atomic mass is 16.6. The van der Waals surface area contributed by atoms with Crippen LogP contribution in [0.15, 0.2) is 0 Å². The summed E-state index contributed by atoms with van der Waals surface area (Å²) in [6, 6.07) is 0. The largest absolute Gasteiger partial charge is 0.459 e. The first-order valence-corrected chi connectivity index (χ1v) is 25.6. The Labute approximate surface area is 374 Å². The number of carbonyl (C=O) groups excluding carboxylic acids is 4. The highest BCUT2D eigenvalue weighted by Gasteiger charge is 2.66. The minimum Gasteiger partial charge on any atom is -0.459 e. The summed E-state index contributed by atoms with van der Waals surface area (Å²) in [6.07, 6.45) is 21.5. The minimum atomic E-state index is -0.555. The van der Waals surface area contributed by atoms with Crippen molar-refractivity contribution < 1.29 is 43.2 Å². The van der Waals surface area contributed by atoms with E-state index < -0.39 is 22.0 Å². The van der Waals surface area contributed by atoms with Gasteiger partial charge in [-0.2, -0.15) is 0 Å². The Hall–Kier alpha value is -2.16. The van der Waals surface area contributed by atoms with Crippen molar-refractivity contribution >= 4 is 23.9 Å². The van der Waals surface area contributed by atoms with E-state index in [9.17, 15) is 24.3 Å². The lowest BCUT2D eigenvalue weighted by atomic mass is 9.48. The lowest BCUT2D eigenvalue weighted by Crippen LogP contribution is -2.65. The third-order valence-electron chi connectivity index (χ3n) is 19.7. The first-order valence-electron chi connectivity index (χ1n) is 25.6. The predicted octanol–water partition coefficient (Wildman–Crippen LogP) is 11.1. The minimum absolute atomic E-state index is 0.0185. The van der Waals surface area contributed by atoms with Crippen LogP contribution in [0.4, 0.5) is 0 Å². The zero-order chi connectivity index (χ0) is 44.8. The molecule has 13 aliphatic rings. The third kappa shape index (κ3) is 8.44. The zero-order valence-corrected chi connectivity index (χ0v) is 40.4. The number of ether oxygens (including phenoxy) is 4. The van der Waals surface area contributed by atoms with Crippen LogP contribution in [0, 0.1) is 75.4 Å². The number of hydrogen-bond acceptors (Lipinski definition) is 9. The monoisotopic (exact) mass is 865 g/mol. The van der Waals surface area contributed by atoms with Crippen molar-refractivity contribution in [2.45, 2.75) is 233 Å². The molecule has 350 valence electrons. The lowest BCUT2D eigenvalue weighted by Gasteiger charge is -2.61. The van der Waals surface area contributed by atoms with E-state index in [1.165, 1.54) is 44.9 Å². The van der Waals surface area contributed by atoms with Crippen molar-refractivity contribution in [2.75, 3.05) is 0 Å². The molecule has 13 fully saturated rings. The maximum Gasteiger partial charge on any atom is 0.312 e. The fourth-order valence-corrected chi connectivity index (χ4v) is 15.5. The zero-order valence-electron chi connectivity index (χ0n) is 40.4. The van der Waals surface area contributed by atoms with Crippen molar-refractivity contribution in [1.29, 1.82) is 0 Å². The van der Waals surface area contributed by atoms with E-state index in [0.717, 1.165) is 94.3 Å². The number of aliphatic hydroxyl groups is 1. The van der Waals surface area contributed by atoms with Gasteiger partial charge in [0.05, 0.1) is 21.8 Å². The Morgan fingerprint density at radius 2 is 0.968 bits per heavy atom. The van der Waals surface area contributed by atoms with Crippen LogP contribution in [0.5, 0.6) is 0 Å². The van der Waals surface area contributed by atoms with Crippen LogP contribution in [0.3, 0.4) is 0 Å².